The number of esters is 1. The molecule has 0 saturated carbocycles. The summed E-state index contributed by atoms with van der Waals surface area (Å²) in [6, 6.07) is 8.01. The van der Waals surface area contributed by atoms with Crippen LogP contribution in [0.5, 0.6) is 0 Å². The molecule has 2 aromatic rings. The molecule has 5 rings (SSSR count). The lowest BCUT2D eigenvalue weighted by Gasteiger charge is -2.45. The second kappa shape index (κ2) is 6.54. The smallest absolute Gasteiger partial charge is 0.349 e. The number of nitrogens with zero attached hydrogens (tertiary/aromatic N) is 1. The molecule has 3 saturated heterocycles. The molecule has 146 valence electrons. The molecular formula is C19H22ClNO4S2. The third-order valence-electron chi connectivity index (χ3n) is 6.36. The SMILES string of the molecule is C[N+]1(C)[C@@H]2CC(OC(=O)C(O)(c3cccs3)c3cccs3)C[C@H]1[C@H]1O[C@H]12.[Cl-]. The maximum absolute atomic E-state index is 13.1. The molecule has 5 nitrogen and oxygen atoms in total. The molecule has 27 heavy (non-hydrogen) atoms. The number of carbonyl (C=O) groups is 1. The number of hydrogen-bond acceptors (Lipinski definition) is 6. The Hall–Kier alpha value is -0.960. The van der Waals surface area contributed by atoms with Crippen molar-refractivity contribution in [3.8, 4) is 0 Å². The Balaban J connectivity index is 0.00000180. The second-order valence-corrected chi connectivity index (χ2v) is 9.89. The zero-order chi connectivity index (χ0) is 18.1. The van der Waals surface area contributed by atoms with Gasteiger partial charge in [-0.2, -0.15) is 0 Å². The molecule has 0 spiro atoms. The van der Waals surface area contributed by atoms with Crippen LogP contribution in [0.2, 0.25) is 0 Å². The number of rotatable bonds is 4. The summed E-state index contributed by atoms with van der Waals surface area (Å²) in [5, 5.41) is 15.1. The monoisotopic (exact) mass is 427 g/mol. The Labute approximate surface area is 172 Å². The molecule has 5 atom stereocenters. The van der Waals surface area contributed by atoms with Crippen LogP contribution in [0.25, 0.3) is 0 Å². The minimum Gasteiger partial charge on any atom is -1.00 e. The van der Waals surface area contributed by atoms with E-state index in [-0.39, 0.29) is 18.5 Å². The van der Waals surface area contributed by atoms with Crippen LogP contribution in [0.15, 0.2) is 35.0 Å². The lowest BCUT2D eigenvalue weighted by atomic mass is 9.95. The molecule has 1 N–H and O–H groups in total. The highest BCUT2D eigenvalue weighted by Gasteiger charge is 2.71. The maximum atomic E-state index is 13.1. The van der Waals surface area contributed by atoms with Crippen molar-refractivity contribution in [2.45, 2.75) is 48.8 Å². The third kappa shape index (κ3) is 2.79. The number of ether oxygens (including phenoxy) is 2. The van der Waals surface area contributed by atoms with Crippen molar-refractivity contribution in [3.63, 3.8) is 0 Å². The van der Waals surface area contributed by atoms with Gasteiger partial charge in [-0.15, -0.1) is 22.7 Å². The number of carbonyl (C=O) groups excluding carboxylic acids is 1. The van der Waals surface area contributed by atoms with Gasteiger partial charge in [0.25, 0.3) is 0 Å². The van der Waals surface area contributed by atoms with Crippen molar-refractivity contribution >= 4 is 28.6 Å². The molecule has 0 aromatic carbocycles. The summed E-state index contributed by atoms with van der Waals surface area (Å²) < 4.78 is 12.6. The number of epoxide rings is 1. The van der Waals surface area contributed by atoms with Gasteiger partial charge >= 0.3 is 5.97 Å². The summed E-state index contributed by atoms with van der Waals surface area (Å²) >= 11 is 2.74. The predicted molar refractivity (Wildman–Crippen MR) is 99.1 cm³/mol. The fourth-order valence-corrected chi connectivity index (χ4v) is 6.54. The van der Waals surface area contributed by atoms with Crippen LogP contribution in [-0.4, -0.2) is 60.0 Å². The first-order chi connectivity index (χ1) is 12.4. The topological polar surface area (TPSA) is 59.1 Å². The number of fused-ring (bicyclic) bond motifs is 5. The van der Waals surface area contributed by atoms with Crippen LogP contribution < -0.4 is 12.4 Å². The summed E-state index contributed by atoms with van der Waals surface area (Å²) in [6.45, 7) is 0. The molecule has 0 radical (unpaired) electrons. The normalized spacial score (nSPS) is 33.1. The number of hydrogen-bond donors (Lipinski definition) is 1. The Morgan fingerprint density at radius 1 is 1.15 bits per heavy atom. The van der Waals surface area contributed by atoms with E-state index < -0.39 is 11.6 Å². The molecule has 3 aliphatic heterocycles. The summed E-state index contributed by atoms with van der Waals surface area (Å²) in [5.74, 6) is -0.561. The highest BCUT2D eigenvalue weighted by Crippen LogP contribution is 2.52. The standard InChI is InChI=1S/C19H22NO4S2.ClH/c1-20(2)12-9-11(10-13(20)17-16(12)24-17)23-18(21)19(22,14-5-3-7-25-14)15-6-4-8-26-15;/h3-8,11-13,16-17,22H,9-10H2,1-2H3;1H/q+1;/p-1/t11?,12-,13+,16+,17-;. The number of thiophene rings is 2. The zero-order valence-corrected chi connectivity index (χ0v) is 17.5. The molecule has 2 bridgehead atoms. The number of halogens is 1. The van der Waals surface area contributed by atoms with Crippen LogP contribution >= 0.6 is 22.7 Å². The van der Waals surface area contributed by atoms with Crippen LogP contribution in [-0.2, 0) is 19.9 Å². The minimum absolute atomic E-state index is 0. The third-order valence-corrected chi connectivity index (χ3v) is 8.32. The van der Waals surface area contributed by atoms with Crippen molar-refractivity contribution < 1.29 is 36.3 Å². The minimum atomic E-state index is -1.72. The largest absolute Gasteiger partial charge is 1.00 e. The first-order valence-corrected chi connectivity index (χ1v) is 10.7. The molecule has 5 heterocycles. The van der Waals surface area contributed by atoms with E-state index in [0.717, 1.165) is 17.3 Å². The highest BCUT2D eigenvalue weighted by molar-refractivity contribution is 7.12. The number of piperidine rings is 1. The van der Waals surface area contributed by atoms with Gasteiger partial charge < -0.3 is 31.5 Å². The van der Waals surface area contributed by atoms with E-state index in [1.165, 1.54) is 22.7 Å². The van der Waals surface area contributed by atoms with Gasteiger partial charge in [-0.3, -0.25) is 0 Å². The zero-order valence-electron chi connectivity index (χ0n) is 15.1. The molecule has 0 amide bonds. The molecule has 3 aliphatic rings. The number of quaternary nitrogens is 1. The number of aliphatic hydroxyl groups is 1. The Bertz CT molecular complexity index is 769. The fraction of sp³-hybridized carbons (Fsp3) is 0.526. The van der Waals surface area contributed by atoms with Gasteiger partial charge in [0, 0.05) is 12.8 Å². The van der Waals surface area contributed by atoms with Gasteiger partial charge in [0.2, 0.25) is 5.60 Å². The lowest BCUT2D eigenvalue weighted by Crippen LogP contribution is -3.00. The average Bonchev–Trinajstić information content (AvgIpc) is 2.98. The summed E-state index contributed by atoms with van der Waals surface area (Å²) in [4.78, 5) is 14.3. The van der Waals surface area contributed by atoms with Crippen molar-refractivity contribution in [2.75, 3.05) is 14.1 Å². The van der Waals surface area contributed by atoms with Gasteiger partial charge in [0.15, 0.2) is 0 Å². The molecule has 1 unspecified atom stereocenters. The first kappa shape index (κ1) is 19.4. The number of morpholine rings is 1. The van der Waals surface area contributed by atoms with Crippen molar-refractivity contribution in [1.82, 2.24) is 0 Å². The quantitative estimate of drug-likeness (QED) is 0.400. The Morgan fingerprint density at radius 2 is 1.67 bits per heavy atom. The molecule has 0 aliphatic carbocycles. The summed E-state index contributed by atoms with van der Waals surface area (Å²) in [5.41, 5.74) is -1.72. The van der Waals surface area contributed by atoms with Crippen LogP contribution in [0.4, 0.5) is 0 Å². The molecule has 2 aromatic heterocycles. The van der Waals surface area contributed by atoms with E-state index in [9.17, 15) is 9.90 Å². The van der Waals surface area contributed by atoms with Crippen molar-refractivity contribution in [1.29, 1.82) is 0 Å². The van der Waals surface area contributed by atoms with Crippen LogP contribution in [0.3, 0.4) is 0 Å². The lowest BCUT2D eigenvalue weighted by molar-refractivity contribution is -0.938. The predicted octanol–water partition coefficient (Wildman–Crippen LogP) is -0.650. The van der Waals surface area contributed by atoms with Crippen molar-refractivity contribution in [2.24, 2.45) is 0 Å². The van der Waals surface area contributed by atoms with Gasteiger partial charge in [-0.1, -0.05) is 12.1 Å². The van der Waals surface area contributed by atoms with E-state index in [4.69, 9.17) is 9.47 Å². The second-order valence-electron chi connectivity index (χ2n) is 7.99. The van der Waals surface area contributed by atoms with Crippen LogP contribution in [0.1, 0.15) is 22.6 Å². The molecule has 8 heteroatoms. The first-order valence-electron chi connectivity index (χ1n) is 8.92. The van der Waals surface area contributed by atoms with Crippen LogP contribution in [0, 0.1) is 0 Å². The highest BCUT2D eigenvalue weighted by atomic mass is 35.5. The Morgan fingerprint density at radius 3 is 2.11 bits per heavy atom. The maximum Gasteiger partial charge on any atom is 0.349 e. The average molecular weight is 428 g/mol. The Kier molecular flexibility index (Phi) is 4.69. The summed E-state index contributed by atoms with van der Waals surface area (Å²) in [7, 11) is 4.49. The fourth-order valence-electron chi connectivity index (χ4n) is 4.83. The molecular weight excluding hydrogens is 406 g/mol. The van der Waals surface area contributed by atoms with Gasteiger partial charge in [0.1, 0.15) is 30.4 Å². The van der Waals surface area contributed by atoms with E-state index in [1.54, 1.807) is 12.1 Å². The van der Waals surface area contributed by atoms with Gasteiger partial charge in [0.05, 0.1) is 23.8 Å². The van der Waals surface area contributed by atoms with Gasteiger partial charge in [-0.25, -0.2) is 4.79 Å². The van der Waals surface area contributed by atoms with Gasteiger partial charge in [-0.05, 0) is 22.9 Å². The van der Waals surface area contributed by atoms with E-state index in [0.29, 0.717) is 34.0 Å². The summed E-state index contributed by atoms with van der Waals surface area (Å²) in [6.07, 6.45) is 2.05. The van der Waals surface area contributed by atoms with Crippen molar-refractivity contribution in [3.05, 3.63) is 44.8 Å². The van der Waals surface area contributed by atoms with E-state index in [2.05, 4.69) is 14.1 Å². The van der Waals surface area contributed by atoms with E-state index >= 15 is 0 Å². The van der Waals surface area contributed by atoms with E-state index in [1.807, 2.05) is 22.9 Å². The number of likely N-dealkylation sites (N-methyl/N-ethyl adjacent to an activating group) is 1. The molecule has 3 fully saturated rings.